The number of rotatable bonds is 4. The van der Waals surface area contributed by atoms with Gasteiger partial charge in [0.1, 0.15) is 5.82 Å². The summed E-state index contributed by atoms with van der Waals surface area (Å²) >= 11 is 1.58. The molecular weight excluding hydrogens is 370 g/mol. The molecule has 144 valence electrons. The Labute approximate surface area is 168 Å². The number of benzene rings is 1. The first-order valence-electron chi connectivity index (χ1n) is 9.55. The van der Waals surface area contributed by atoms with Gasteiger partial charge in [0.05, 0.1) is 12.1 Å². The Bertz CT molecular complexity index is 1030. The molecule has 0 aliphatic carbocycles. The molecule has 1 aromatic carbocycles. The number of thiophene rings is 1. The van der Waals surface area contributed by atoms with Crippen LogP contribution in [0.1, 0.15) is 35.7 Å². The van der Waals surface area contributed by atoms with E-state index in [2.05, 4.69) is 11.1 Å². The summed E-state index contributed by atoms with van der Waals surface area (Å²) in [5.74, 6) is 0.870. The number of carbonyl (C=O) groups is 1. The number of aryl methyl sites for hydroxylation is 1. The molecule has 3 aromatic rings. The van der Waals surface area contributed by atoms with Gasteiger partial charge in [-0.3, -0.25) is 9.59 Å². The number of hydrogen-bond donors (Lipinski definition) is 1. The van der Waals surface area contributed by atoms with Crippen LogP contribution in [0.25, 0.3) is 11.3 Å². The predicted molar refractivity (Wildman–Crippen MR) is 112 cm³/mol. The topological polar surface area (TPSA) is 66.1 Å². The van der Waals surface area contributed by atoms with Crippen molar-refractivity contribution >= 4 is 17.2 Å². The number of carbonyl (C=O) groups excluding carboxylic acids is 1. The second-order valence-corrected chi connectivity index (χ2v) is 8.15. The highest BCUT2D eigenvalue weighted by molar-refractivity contribution is 7.08. The van der Waals surface area contributed by atoms with Gasteiger partial charge in [-0.1, -0.05) is 29.8 Å². The number of aromatic amines is 1. The normalized spacial score (nSPS) is 16.9. The van der Waals surface area contributed by atoms with Gasteiger partial charge in [-0.05, 0) is 36.8 Å². The Morgan fingerprint density at radius 1 is 1.32 bits per heavy atom. The molecule has 0 unspecified atom stereocenters. The fourth-order valence-corrected chi connectivity index (χ4v) is 4.41. The fraction of sp³-hybridized carbons (Fsp3) is 0.318. The zero-order chi connectivity index (χ0) is 19.5. The molecule has 3 heterocycles. The van der Waals surface area contributed by atoms with Crippen LogP contribution in [0, 0.1) is 6.92 Å². The molecule has 2 aromatic heterocycles. The summed E-state index contributed by atoms with van der Waals surface area (Å²) in [7, 11) is 0. The van der Waals surface area contributed by atoms with E-state index < -0.39 is 0 Å². The Morgan fingerprint density at radius 3 is 3.00 bits per heavy atom. The van der Waals surface area contributed by atoms with Gasteiger partial charge in [0, 0.05) is 36.0 Å². The lowest BCUT2D eigenvalue weighted by Crippen LogP contribution is -2.40. The molecule has 1 aliphatic rings. The van der Waals surface area contributed by atoms with Crippen LogP contribution in [0.15, 0.2) is 52.0 Å². The minimum absolute atomic E-state index is 0.0569. The standard InChI is InChI=1S/C22H23N3O2S/c1-15-4-2-5-16(10-15)11-21(27)25-8-3-6-17(13-25)22-23-19(12-20(26)24-22)18-7-9-28-14-18/h2,4-5,7,9-10,12,14,17H,3,6,8,11,13H2,1H3,(H,23,24,26)/t17-/m0/s1. The summed E-state index contributed by atoms with van der Waals surface area (Å²) in [4.78, 5) is 34.5. The summed E-state index contributed by atoms with van der Waals surface area (Å²) in [6.07, 6.45) is 2.24. The van der Waals surface area contributed by atoms with Crippen molar-refractivity contribution in [3.8, 4) is 11.3 Å². The first-order valence-corrected chi connectivity index (χ1v) is 10.5. The lowest BCUT2D eigenvalue weighted by molar-refractivity contribution is -0.131. The third-order valence-electron chi connectivity index (χ3n) is 5.18. The van der Waals surface area contributed by atoms with Crippen molar-refractivity contribution in [1.82, 2.24) is 14.9 Å². The molecule has 1 aliphatic heterocycles. The van der Waals surface area contributed by atoms with Crippen molar-refractivity contribution in [2.75, 3.05) is 13.1 Å². The number of hydrogen-bond acceptors (Lipinski definition) is 4. The molecule has 1 atom stereocenters. The van der Waals surface area contributed by atoms with E-state index in [1.165, 1.54) is 6.07 Å². The van der Waals surface area contributed by atoms with Crippen LogP contribution in [0.3, 0.4) is 0 Å². The molecule has 0 spiro atoms. The molecular formula is C22H23N3O2S. The minimum Gasteiger partial charge on any atom is -0.342 e. The maximum absolute atomic E-state index is 12.8. The van der Waals surface area contributed by atoms with Crippen LogP contribution in [0.2, 0.25) is 0 Å². The van der Waals surface area contributed by atoms with Gasteiger partial charge in [-0.15, -0.1) is 0 Å². The Balaban J connectivity index is 1.51. The van der Waals surface area contributed by atoms with Crippen molar-refractivity contribution in [2.45, 2.75) is 32.1 Å². The van der Waals surface area contributed by atoms with Gasteiger partial charge in [0.25, 0.3) is 5.56 Å². The van der Waals surface area contributed by atoms with Gasteiger partial charge in [0.2, 0.25) is 5.91 Å². The van der Waals surface area contributed by atoms with Gasteiger partial charge in [-0.2, -0.15) is 11.3 Å². The van der Waals surface area contributed by atoms with E-state index in [1.54, 1.807) is 11.3 Å². The maximum Gasteiger partial charge on any atom is 0.251 e. The monoisotopic (exact) mass is 393 g/mol. The van der Waals surface area contributed by atoms with Gasteiger partial charge >= 0.3 is 0 Å². The number of likely N-dealkylation sites (tertiary alicyclic amines) is 1. The predicted octanol–water partition coefficient (Wildman–Crippen LogP) is 3.76. The third-order valence-corrected chi connectivity index (χ3v) is 5.86. The van der Waals surface area contributed by atoms with E-state index in [4.69, 9.17) is 4.98 Å². The van der Waals surface area contributed by atoms with Gasteiger partial charge < -0.3 is 9.88 Å². The molecule has 6 heteroatoms. The first-order chi connectivity index (χ1) is 13.6. The second kappa shape index (κ2) is 8.10. The van der Waals surface area contributed by atoms with E-state index in [1.807, 2.05) is 46.8 Å². The van der Waals surface area contributed by atoms with Crippen LogP contribution < -0.4 is 5.56 Å². The van der Waals surface area contributed by atoms with E-state index >= 15 is 0 Å². The van der Waals surface area contributed by atoms with Crippen LogP contribution in [-0.4, -0.2) is 33.9 Å². The Morgan fingerprint density at radius 2 is 2.21 bits per heavy atom. The van der Waals surface area contributed by atoms with Crippen molar-refractivity contribution in [3.63, 3.8) is 0 Å². The fourth-order valence-electron chi connectivity index (χ4n) is 3.76. The lowest BCUT2D eigenvalue weighted by Gasteiger charge is -2.32. The maximum atomic E-state index is 12.8. The highest BCUT2D eigenvalue weighted by Gasteiger charge is 2.26. The van der Waals surface area contributed by atoms with Crippen LogP contribution >= 0.6 is 11.3 Å². The van der Waals surface area contributed by atoms with Crippen molar-refractivity contribution in [3.05, 3.63) is 74.5 Å². The number of nitrogens with zero attached hydrogens (tertiary/aromatic N) is 2. The van der Waals surface area contributed by atoms with Crippen molar-refractivity contribution < 1.29 is 4.79 Å². The van der Waals surface area contributed by atoms with Crippen molar-refractivity contribution in [2.24, 2.45) is 0 Å². The molecule has 1 amide bonds. The number of piperidine rings is 1. The van der Waals surface area contributed by atoms with E-state index in [-0.39, 0.29) is 17.4 Å². The van der Waals surface area contributed by atoms with Crippen LogP contribution in [0.5, 0.6) is 0 Å². The molecule has 1 N–H and O–H groups in total. The summed E-state index contributed by atoms with van der Waals surface area (Å²) in [5, 5.41) is 3.97. The molecule has 1 saturated heterocycles. The van der Waals surface area contributed by atoms with E-state index in [0.29, 0.717) is 24.5 Å². The Hall–Kier alpha value is -2.73. The molecule has 28 heavy (non-hydrogen) atoms. The summed E-state index contributed by atoms with van der Waals surface area (Å²) in [6, 6.07) is 11.6. The largest absolute Gasteiger partial charge is 0.342 e. The SMILES string of the molecule is Cc1cccc(CC(=O)N2CCC[C@H](c3nc(-c4ccsc4)cc(=O)[nH]3)C2)c1. The average molecular weight is 394 g/mol. The molecule has 0 saturated carbocycles. The molecule has 5 nitrogen and oxygen atoms in total. The second-order valence-electron chi connectivity index (χ2n) is 7.37. The van der Waals surface area contributed by atoms with E-state index in [0.717, 1.165) is 36.1 Å². The molecule has 4 rings (SSSR count). The summed E-state index contributed by atoms with van der Waals surface area (Å²) in [6.45, 7) is 3.39. The third kappa shape index (κ3) is 4.22. The van der Waals surface area contributed by atoms with E-state index in [9.17, 15) is 9.59 Å². The summed E-state index contributed by atoms with van der Waals surface area (Å²) < 4.78 is 0. The zero-order valence-corrected chi connectivity index (χ0v) is 16.7. The first kappa shape index (κ1) is 18.6. The average Bonchev–Trinajstić information content (AvgIpc) is 3.22. The zero-order valence-electron chi connectivity index (χ0n) is 15.9. The van der Waals surface area contributed by atoms with Crippen molar-refractivity contribution in [1.29, 1.82) is 0 Å². The number of nitrogens with one attached hydrogen (secondary N) is 1. The molecule has 0 radical (unpaired) electrons. The molecule has 1 fully saturated rings. The summed E-state index contributed by atoms with van der Waals surface area (Å²) in [5.41, 5.74) is 3.71. The number of aromatic nitrogens is 2. The number of amides is 1. The highest BCUT2D eigenvalue weighted by atomic mass is 32.1. The van der Waals surface area contributed by atoms with Crippen LogP contribution in [-0.2, 0) is 11.2 Å². The van der Waals surface area contributed by atoms with Gasteiger partial charge in [0.15, 0.2) is 0 Å². The smallest absolute Gasteiger partial charge is 0.251 e. The van der Waals surface area contributed by atoms with Gasteiger partial charge in [-0.25, -0.2) is 4.98 Å². The van der Waals surface area contributed by atoms with Crippen LogP contribution in [0.4, 0.5) is 0 Å². The number of H-pyrrole nitrogens is 1. The quantitative estimate of drug-likeness (QED) is 0.734. The minimum atomic E-state index is -0.144. The Kier molecular flexibility index (Phi) is 5.39. The lowest BCUT2D eigenvalue weighted by atomic mass is 9.96. The molecule has 0 bridgehead atoms. The highest BCUT2D eigenvalue weighted by Crippen LogP contribution is 2.26.